The number of nitrogens with one attached hydrogen (secondary N) is 1. The van der Waals surface area contributed by atoms with Crippen LogP contribution in [0.4, 0.5) is 0 Å². The molecule has 2 aromatic carbocycles. The second-order valence-electron chi connectivity index (χ2n) is 6.07. The van der Waals surface area contributed by atoms with Crippen molar-refractivity contribution < 1.29 is 19.1 Å². The molecule has 2 aromatic rings. The van der Waals surface area contributed by atoms with Crippen LogP contribution in [-0.4, -0.2) is 38.5 Å². The van der Waals surface area contributed by atoms with Gasteiger partial charge in [-0.05, 0) is 41.8 Å². The van der Waals surface area contributed by atoms with Crippen molar-refractivity contribution in [3.8, 4) is 11.5 Å². The van der Waals surface area contributed by atoms with Gasteiger partial charge >= 0.3 is 0 Å². The second-order valence-corrected chi connectivity index (χ2v) is 6.51. The molecule has 1 atom stereocenters. The van der Waals surface area contributed by atoms with Gasteiger partial charge in [0.05, 0.1) is 19.9 Å². The van der Waals surface area contributed by atoms with E-state index >= 15 is 0 Å². The average Bonchev–Trinajstić information content (AvgIpc) is 3.18. The van der Waals surface area contributed by atoms with Gasteiger partial charge in [0, 0.05) is 18.0 Å². The Hall–Kier alpha value is -2.73. The van der Waals surface area contributed by atoms with Crippen LogP contribution in [-0.2, 0) is 16.1 Å². The van der Waals surface area contributed by atoms with Crippen molar-refractivity contribution >= 4 is 23.2 Å². The maximum absolute atomic E-state index is 12.3. The van der Waals surface area contributed by atoms with Crippen molar-refractivity contribution in [3.63, 3.8) is 0 Å². The van der Waals surface area contributed by atoms with Crippen LogP contribution in [0.5, 0.6) is 11.5 Å². The smallest absolute Gasteiger partial charge is 0.264 e. The van der Waals surface area contributed by atoms with Crippen molar-refractivity contribution in [1.29, 1.82) is 0 Å². The molecule has 142 valence electrons. The Bertz CT molecular complexity index is 836. The molecule has 1 aliphatic rings. The van der Waals surface area contributed by atoms with Crippen molar-refractivity contribution in [3.05, 3.63) is 58.6 Å². The minimum atomic E-state index is -0.610. The standard InChI is InChI=1S/C20H21ClN2O4/c1-25-17-8-3-13(11-18(17)26-2)9-10-22-20(24)19-12-16(23-27-19)14-4-6-15(21)7-5-14/h3-8,11,19H,9-10,12H2,1-2H3,(H,22,24)/t19-/m0/s1. The Labute approximate surface area is 163 Å². The first-order valence-corrected chi connectivity index (χ1v) is 8.95. The van der Waals surface area contributed by atoms with Gasteiger partial charge in [-0.1, -0.05) is 35.0 Å². The molecule has 1 heterocycles. The molecule has 7 heteroatoms. The van der Waals surface area contributed by atoms with E-state index in [1.807, 2.05) is 30.3 Å². The number of carbonyl (C=O) groups is 1. The summed E-state index contributed by atoms with van der Waals surface area (Å²) in [6.45, 7) is 0.491. The Morgan fingerprint density at radius 1 is 1.19 bits per heavy atom. The SMILES string of the molecule is COc1ccc(CCNC(=O)[C@@H]2CC(c3ccc(Cl)cc3)=NO2)cc1OC. The van der Waals surface area contributed by atoms with Gasteiger partial charge in [-0.15, -0.1) is 0 Å². The van der Waals surface area contributed by atoms with E-state index in [-0.39, 0.29) is 5.91 Å². The van der Waals surface area contributed by atoms with Crippen molar-refractivity contribution in [2.24, 2.45) is 5.16 Å². The van der Waals surface area contributed by atoms with Crippen molar-refractivity contribution in [2.75, 3.05) is 20.8 Å². The maximum atomic E-state index is 12.3. The van der Waals surface area contributed by atoms with Crippen LogP contribution in [0.15, 0.2) is 47.6 Å². The molecule has 0 bridgehead atoms. The van der Waals surface area contributed by atoms with E-state index in [4.69, 9.17) is 25.9 Å². The Kier molecular flexibility index (Phi) is 6.19. The number of oxime groups is 1. The lowest BCUT2D eigenvalue weighted by Crippen LogP contribution is -2.36. The number of amides is 1. The lowest BCUT2D eigenvalue weighted by molar-refractivity contribution is -0.131. The van der Waals surface area contributed by atoms with Crippen LogP contribution in [0.1, 0.15) is 17.5 Å². The molecule has 0 saturated heterocycles. The third-order valence-corrected chi connectivity index (χ3v) is 4.55. The summed E-state index contributed by atoms with van der Waals surface area (Å²) in [6, 6.07) is 13.0. The van der Waals surface area contributed by atoms with Gasteiger partial charge in [-0.2, -0.15) is 0 Å². The number of hydrogen-bond acceptors (Lipinski definition) is 5. The van der Waals surface area contributed by atoms with Crippen LogP contribution >= 0.6 is 11.6 Å². The summed E-state index contributed by atoms with van der Waals surface area (Å²) in [7, 11) is 3.19. The fourth-order valence-electron chi connectivity index (χ4n) is 2.81. The molecule has 0 fully saturated rings. The van der Waals surface area contributed by atoms with E-state index < -0.39 is 6.10 Å². The molecule has 0 aliphatic carbocycles. The van der Waals surface area contributed by atoms with Crippen LogP contribution in [0.25, 0.3) is 0 Å². The summed E-state index contributed by atoms with van der Waals surface area (Å²) in [6.07, 6.45) is 0.495. The predicted octanol–water partition coefficient (Wildman–Crippen LogP) is 3.21. The molecule has 3 rings (SSSR count). The van der Waals surface area contributed by atoms with E-state index in [1.54, 1.807) is 26.4 Å². The van der Waals surface area contributed by atoms with Crippen LogP contribution in [0.2, 0.25) is 5.02 Å². The zero-order valence-electron chi connectivity index (χ0n) is 15.2. The lowest BCUT2D eigenvalue weighted by atomic mass is 10.0. The highest BCUT2D eigenvalue weighted by molar-refractivity contribution is 6.30. The Morgan fingerprint density at radius 3 is 2.63 bits per heavy atom. The number of methoxy groups -OCH3 is 2. The first-order valence-electron chi connectivity index (χ1n) is 8.58. The van der Waals surface area contributed by atoms with Crippen molar-refractivity contribution in [2.45, 2.75) is 18.9 Å². The summed E-state index contributed by atoms with van der Waals surface area (Å²) in [4.78, 5) is 17.6. The average molecular weight is 389 g/mol. The summed E-state index contributed by atoms with van der Waals surface area (Å²) in [5.41, 5.74) is 2.69. The highest BCUT2D eigenvalue weighted by atomic mass is 35.5. The van der Waals surface area contributed by atoms with Gasteiger partial charge in [0.1, 0.15) is 0 Å². The second kappa shape index (κ2) is 8.77. The largest absolute Gasteiger partial charge is 0.493 e. The summed E-state index contributed by atoms with van der Waals surface area (Å²) >= 11 is 5.89. The fraction of sp³-hybridized carbons (Fsp3) is 0.300. The highest BCUT2D eigenvalue weighted by Crippen LogP contribution is 2.27. The molecule has 6 nitrogen and oxygen atoms in total. The predicted molar refractivity (Wildman–Crippen MR) is 104 cm³/mol. The molecular formula is C20H21ClN2O4. The molecule has 0 spiro atoms. The normalized spacial score (nSPS) is 15.7. The third kappa shape index (κ3) is 4.71. The summed E-state index contributed by atoms with van der Waals surface area (Å²) in [5, 5.41) is 7.57. The van der Waals surface area contributed by atoms with E-state index in [0.717, 1.165) is 16.8 Å². The summed E-state index contributed by atoms with van der Waals surface area (Å²) < 4.78 is 10.5. The number of rotatable bonds is 7. The van der Waals surface area contributed by atoms with Crippen LogP contribution in [0, 0.1) is 0 Å². The maximum Gasteiger partial charge on any atom is 0.264 e. The number of ether oxygens (including phenoxy) is 2. The molecule has 1 aliphatic heterocycles. The molecule has 0 aromatic heterocycles. The topological polar surface area (TPSA) is 69.2 Å². The molecular weight excluding hydrogens is 368 g/mol. The fourth-order valence-corrected chi connectivity index (χ4v) is 2.94. The zero-order chi connectivity index (χ0) is 19.2. The molecule has 27 heavy (non-hydrogen) atoms. The molecule has 0 radical (unpaired) electrons. The number of hydrogen-bond donors (Lipinski definition) is 1. The van der Waals surface area contributed by atoms with Gasteiger partial charge in [0.25, 0.3) is 5.91 Å². The number of benzene rings is 2. The minimum absolute atomic E-state index is 0.178. The van der Waals surface area contributed by atoms with Crippen LogP contribution < -0.4 is 14.8 Å². The molecule has 0 unspecified atom stereocenters. The quantitative estimate of drug-likeness (QED) is 0.790. The molecule has 0 saturated carbocycles. The summed E-state index contributed by atoms with van der Waals surface area (Å²) in [5.74, 6) is 1.17. The number of carbonyl (C=O) groups excluding carboxylic acids is 1. The lowest BCUT2D eigenvalue weighted by Gasteiger charge is -2.11. The van der Waals surface area contributed by atoms with Gasteiger partial charge < -0.3 is 19.6 Å². The van der Waals surface area contributed by atoms with E-state index in [0.29, 0.717) is 35.9 Å². The number of nitrogens with zero attached hydrogens (tertiary/aromatic N) is 1. The van der Waals surface area contributed by atoms with E-state index in [1.165, 1.54) is 0 Å². The molecule has 1 amide bonds. The van der Waals surface area contributed by atoms with Gasteiger partial charge in [0.2, 0.25) is 6.10 Å². The van der Waals surface area contributed by atoms with Crippen molar-refractivity contribution in [1.82, 2.24) is 5.32 Å². The third-order valence-electron chi connectivity index (χ3n) is 4.30. The van der Waals surface area contributed by atoms with Gasteiger partial charge in [-0.3, -0.25) is 4.79 Å². The van der Waals surface area contributed by atoms with Gasteiger partial charge in [-0.25, -0.2) is 0 Å². The first kappa shape index (κ1) is 19.0. The number of halogens is 1. The van der Waals surface area contributed by atoms with E-state index in [2.05, 4.69) is 10.5 Å². The van der Waals surface area contributed by atoms with Gasteiger partial charge in [0.15, 0.2) is 11.5 Å². The Balaban J connectivity index is 1.48. The monoisotopic (exact) mass is 388 g/mol. The highest BCUT2D eigenvalue weighted by Gasteiger charge is 2.28. The minimum Gasteiger partial charge on any atom is -0.493 e. The van der Waals surface area contributed by atoms with Crippen LogP contribution in [0.3, 0.4) is 0 Å². The Morgan fingerprint density at radius 2 is 1.93 bits per heavy atom. The molecule has 1 N–H and O–H groups in total. The van der Waals surface area contributed by atoms with E-state index in [9.17, 15) is 4.79 Å². The first-order chi connectivity index (χ1) is 13.1. The zero-order valence-corrected chi connectivity index (χ0v) is 16.0.